The van der Waals surface area contributed by atoms with Gasteiger partial charge in [-0.3, -0.25) is 0 Å². The molecule has 0 saturated heterocycles. The highest BCUT2D eigenvalue weighted by Crippen LogP contribution is 2.40. The van der Waals surface area contributed by atoms with Crippen LogP contribution >= 0.6 is 15.9 Å². The molecule has 29 heavy (non-hydrogen) atoms. The van der Waals surface area contributed by atoms with Crippen molar-refractivity contribution >= 4 is 21.9 Å². The van der Waals surface area contributed by atoms with Crippen molar-refractivity contribution in [1.82, 2.24) is 0 Å². The number of esters is 1. The molecule has 0 spiro atoms. The van der Waals surface area contributed by atoms with E-state index >= 15 is 0 Å². The van der Waals surface area contributed by atoms with Gasteiger partial charge in [0.1, 0.15) is 41.3 Å². The first-order valence-corrected chi connectivity index (χ1v) is 9.66. The van der Waals surface area contributed by atoms with E-state index in [1.807, 2.05) is 30.3 Å². The Bertz CT molecular complexity index is 1010. The van der Waals surface area contributed by atoms with Gasteiger partial charge in [0, 0.05) is 4.47 Å². The number of nitrogens with zero attached hydrogens (tertiary/aromatic N) is 1. The zero-order valence-corrected chi connectivity index (χ0v) is 17.5. The topological polar surface area (TPSA) is 108 Å². The van der Waals surface area contributed by atoms with E-state index in [0.717, 1.165) is 4.47 Å². The van der Waals surface area contributed by atoms with Crippen LogP contribution < -0.4 is 10.5 Å². The average molecular weight is 459 g/mol. The van der Waals surface area contributed by atoms with E-state index in [2.05, 4.69) is 15.9 Å². The van der Waals surface area contributed by atoms with E-state index in [9.17, 15) is 10.1 Å². The van der Waals surface area contributed by atoms with Gasteiger partial charge in [0.15, 0.2) is 0 Å². The van der Waals surface area contributed by atoms with E-state index in [1.54, 1.807) is 26.0 Å². The van der Waals surface area contributed by atoms with Crippen LogP contribution in [0.5, 0.6) is 5.75 Å². The summed E-state index contributed by atoms with van der Waals surface area (Å²) in [5, 5.41) is 9.58. The Morgan fingerprint density at radius 1 is 1.28 bits per heavy atom. The standard InChI is InChI=1S/C21H19BrN2O5/c1-3-26-21(25)18-12(2)28-20(24)16(10-23)19(18)17-9-8-15(29-17)11-27-14-6-4-13(22)5-7-14/h4-9,19H,3,11,24H2,1-2H3. The maximum Gasteiger partial charge on any atom is 0.338 e. The van der Waals surface area contributed by atoms with Gasteiger partial charge in [0.05, 0.1) is 18.1 Å². The van der Waals surface area contributed by atoms with Gasteiger partial charge in [-0.1, -0.05) is 15.9 Å². The largest absolute Gasteiger partial charge is 0.486 e. The number of hydrogen-bond donors (Lipinski definition) is 1. The van der Waals surface area contributed by atoms with Gasteiger partial charge in [-0.25, -0.2) is 4.79 Å². The number of ether oxygens (including phenoxy) is 3. The predicted octanol–water partition coefficient (Wildman–Crippen LogP) is 4.27. The molecular formula is C21H19BrN2O5. The molecule has 2 heterocycles. The van der Waals surface area contributed by atoms with Crippen LogP contribution in [0.25, 0.3) is 0 Å². The van der Waals surface area contributed by atoms with Gasteiger partial charge in [-0.2, -0.15) is 5.26 Å². The maximum absolute atomic E-state index is 12.5. The molecule has 0 radical (unpaired) electrons. The lowest BCUT2D eigenvalue weighted by molar-refractivity contribution is -0.139. The zero-order valence-electron chi connectivity index (χ0n) is 15.9. The van der Waals surface area contributed by atoms with Gasteiger partial charge >= 0.3 is 5.97 Å². The van der Waals surface area contributed by atoms with Crippen molar-refractivity contribution in [2.24, 2.45) is 5.73 Å². The van der Waals surface area contributed by atoms with Crippen LogP contribution in [0.1, 0.15) is 31.3 Å². The fourth-order valence-electron chi connectivity index (χ4n) is 2.95. The van der Waals surface area contributed by atoms with Crippen LogP contribution in [0.2, 0.25) is 0 Å². The highest BCUT2D eigenvalue weighted by molar-refractivity contribution is 9.10. The molecule has 8 heteroatoms. The van der Waals surface area contributed by atoms with Crippen LogP contribution in [0.3, 0.4) is 0 Å². The minimum absolute atomic E-state index is 0.0629. The van der Waals surface area contributed by atoms with Crippen molar-refractivity contribution in [2.45, 2.75) is 26.4 Å². The number of carbonyl (C=O) groups is 1. The molecule has 7 nitrogen and oxygen atoms in total. The van der Waals surface area contributed by atoms with E-state index < -0.39 is 11.9 Å². The molecule has 0 fully saturated rings. The number of nitrogens with two attached hydrogens (primary N) is 1. The number of carbonyl (C=O) groups excluding carboxylic acids is 1. The summed E-state index contributed by atoms with van der Waals surface area (Å²) in [5.74, 6) is 0.410. The molecule has 1 atom stereocenters. The van der Waals surface area contributed by atoms with Crippen LogP contribution in [0.4, 0.5) is 0 Å². The number of allylic oxidation sites excluding steroid dienone is 2. The molecule has 1 unspecified atom stereocenters. The minimum atomic E-state index is -0.811. The summed E-state index contributed by atoms with van der Waals surface area (Å²) in [6, 6.07) is 12.8. The Kier molecular flexibility index (Phi) is 6.29. The molecule has 150 valence electrons. The van der Waals surface area contributed by atoms with Crippen molar-refractivity contribution in [3.8, 4) is 11.8 Å². The van der Waals surface area contributed by atoms with Crippen molar-refractivity contribution in [2.75, 3.05) is 6.61 Å². The molecule has 1 aromatic heterocycles. The van der Waals surface area contributed by atoms with Gasteiger partial charge in [-0.05, 0) is 50.2 Å². The van der Waals surface area contributed by atoms with Gasteiger partial charge < -0.3 is 24.4 Å². The van der Waals surface area contributed by atoms with Gasteiger partial charge in [0.2, 0.25) is 5.88 Å². The van der Waals surface area contributed by atoms with Crippen molar-refractivity contribution in [3.05, 3.63) is 75.2 Å². The zero-order chi connectivity index (χ0) is 21.0. The van der Waals surface area contributed by atoms with E-state index in [-0.39, 0.29) is 36.0 Å². The van der Waals surface area contributed by atoms with E-state index in [1.165, 1.54) is 0 Å². The third-order valence-electron chi connectivity index (χ3n) is 4.26. The lowest BCUT2D eigenvalue weighted by Gasteiger charge is -2.25. The van der Waals surface area contributed by atoms with Crippen LogP contribution in [-0.2, 0) is 20.9 Å². The lowest BCUT2D eigenvalue weighted by Crippen LogP contribution is -2.25. The first kappa shape index (κ1) is 20.6. The number of benzene rings is 1. The number of hydrogen-bond acceptors (Lipinski definition) is 7. The van der Waals surface area contributed by atoms with Gasteiger partial charge in [0.25, 0.3) is 0 Å². The second kappa shape index (κ2) is 8.88. The van der Waals surface area contributed by atoms with Crippen molar-refractivity contribution in [3.63, 3.8) is 0 Å². The quantitative estimate of drug-likeness (QED) is 0.643. The molecule has 0 amide bonds. The highest BCUT2D eigenvalue weighted by Gasteiger charge is 2.38. The van der Waals surface area contributed by atoms with E-state index in [4.69, 9.17) is 24.4 Å². The lowest BCUT2D eigenvalue weighted by atomic mass is 9.87. The molecule has 2 N–H and O–H groups in total. The Morgan fingerprint density at radius 3 is 2.66 bits per heavy atom. The molecule has 0 bridgehead atoms. The SMILES string of the molecule is CCOC(=O)C1=C(C)OC(N)=C(C#N)C1c1ccc(COc2ccc(Br)cc2)o1. The van der Waals surface area contributed by atoms with Crippen molar-refractivity contribution < 1.29 is 23.4 Å². The molecule has 1 aromatic carbocycles. The van der Waals surface area contributed by atoms with Crippen LogP contribution in [0.15, 0.2) is 68.1 Å². The Hall–Kier alpha value is -3.18. The molecule has 1 aliphatic heterocycles. The number of halogens is 1. The third kappa shape index (κ3) is 4.46. The summed E-state index contributed by atoms with van der Waals surface area (Å²) in [5.41, 5.74) is 6.15. The fraction of sp³-hybridized carbons (Fsp3) is 0.238. The fourth-order valence-corrected chi connectivity index (χ4v) is 3.22. The minimum Gasteiger partial charge on any atom is -0.486 e. The Balaban J connectivity index is 1.87. The first-order valence-electron chi connectivity index (χ1n) is 8.87. The van der Waals surface area contributed by atoms with Crippen molar-refractivity contribution in [1.29, 1.82) is 5.26 Å². The molecule has 2 aromatic rings. The van der Waals surface area contributed by atoms with Crippen LogP contribution in [-0.4, -0.2) is 12.6 Å². The smallest absolute Gasteiger partial charge is 0.338 e. The molecular weight excluding hydrogens is 440 g/mol. The predicted molar refractivity (Wildman–Crippen MR) is 107 cm³/mol. The maximum atomic E-state index is 12.5. The summed E-state index contributed by atoms with van der Waals surface area (Å²) < 4.78 is 23.1. The summed E-state index contributed by atoms with van der Waals surface area (Å²) in [6.07, 6.45) is 0. The highest BCUT2D eigenvalue weighted by atomic mass is 79.9. The monoisotopic (exact) mass is 458 g/mol. The normalized spacial score (nSPS) is 16.3. The number of nitriles is 1. The number of rotatable bonds is 6. The van der Waals surface area contributed by atoms with Gasteiger partial charge in [-0.15, -0.1) is 0 Å². The average Bonchev–Trinajstić information content (AvgIpc) is 3.16. The molecule has 0 saturated carbocycles. The Labute approximate surface area is 176 Å². The van der Waals surface area contributed by atoms with E-state index in [0.29, 0.717) is 17.3 Å². The summed E-state index contributed by atoms with van der Waals surface area (Å²) >= 11 is 3.37. The summed E-state index contributed by atoms with van der Waals surface area (Å²) in [6.45, 7) is 3.67. The first-order chi connectivity index (χ1) is 13.9. The molecule has 0 aliphatic carbocycles. The molecule has 3 rings (SSSR count). The second-order valence-electron chi connectivity index (χ2n) is 6.16. The third-order valence-corrected chi connectivity index (χ3v) is 4.79. The second-order valence-corrected chi connectivity index (χ2v) is 7.08. The van der Waals surface area contributed by atoms with Crippen LogP contribution in [0, 0.1) is 11.3 Å². The summed E-state index contributed by atoms with van der Waals surface area (Å²) in [7, 11) is 0. The number of furan rings is 1. The molecule has 1 aliphatic rings. The summed E-state index contributed by atoms with van der Waals surface area (Å²) in [4.78, 5) is 12.5. The Morgan fingerprint density at radius 2 is 2.00 bits per heavy atom.